The van der Waals surface area contributed by atoms with Gasteiger partial charge in [0.25, 0.3) is 0 Å². The van der Waals surface area contributed by atoms with Crippen molar-refractivity contribution in [1.82, 2.24) is 4.98 Å². The monoisotopic (exact) mass is 196 g/mol. The number of rotatable bonds is 0. The van der Waals surface area contributed by atoms with Gasteiger partial charge in [-0.1, -0.05) is 18.2 Å². The second-order valence-electron chi connectivity index (χ2n) is 3.51. The maximum atomic E-state index is 11.2. The fourth-order valence-corrected chi connectivity index (χ4v) is 1.80. The maximum Gasteiger partial charge on any atom is 0.177 e. The maximum absolute atomic E-state index is 11.2. The number of fused-ring (bicyclic) bond motifs is 3. The van der Waals surface area contributed by atoms with Crippen LogP contribution in [-0.4, -0.2) is 17.3 Å². The molecular weight excluding hydrogens is 188 g/mol. The van der Waals surface area contributed by atoms with E-state index in [4.69, 9.17) is 0 Å². The summed E-state index contributed by atoms with van der Waals surface area (Å²) in [7, 11) is 0. The van der Waals surface area contributed by atoms with Gasteiger partial charge in [0, 0.05) is 16.8 Å². The van der Waals surface area contributed by atoms with Crippen molar-refractivity contribution in [2.45, 2.75) is 0 Å². The van der Waals surface area contributed by atoms with E-state index in [0.29, 0.717) is 0 Å². The van der Waals surface area contributed by atoms with Gasteiger partial charge in [0.15, 0.2) is 5.78 Å². The van der Waals surface area contributed by atoms with E-state index >= 15 is 0 Å². The molecule has 15 heavy (non-hydrogen) atoms. The third-order valence-corrected chi connectivity index (χ3v) is 2.49. The molecule has 0 saturated heterocycles. The van der Waals surface area contributed by atoms with Gasteiger partial charge >= 0.3 is 0 Å². The quantitative estimate of drug-likeness (QED) is 0.604. The third-order valence-electron chi connectivity index (χ3n) is 2.49. The molecule has 1 aliphatic heterocycles. The first-order chi connectivity index (χ1) is 7.34. The average molecular weight is 196 g/mol. The lowest BCUT2D eigenvalue weighted by Crippen LogP contribution is -2.32. The Kier molecular flexibility index (Phi) is 1.65. The van der Waals surface area contributed by atoms with E-state index in [1.807, 2.05) is 24.3 Å². The Morgan fingerprint density at radius 1 is 1.20 bits per heavy atom. The molecule has 0 radical (unpaired) electrons. The molecule has 0 N–H and O–H groups in total. The molecule has 2 aromatic rings. The van der Waals surface area contributed by atoms with Crippen LogP contribution in [0.1, 0.15) is 0 Å². The molecule has 0 bridgehead atoms. The van der Waals surface area contributed by atoms with Crippen LogP contribution in [0.4, 0.5) is 0 Å². The smallest absolute Gasteiger partial charge is 0.177 e. The minimum atomic E-state index is 0.0535. The molecule has 0 amide bonds. The molecule has 0 spiro atoms. The molecule has 1 aromatic carbocycles. The summed E-state index contributed by atoms with van der Waals surface area (Å²) < 4.78 is 0. The summed E-state index contributed by atoms with van der Waals surface area (Å²) in [5.74, 6) is 0.0535. The Bertz CT molecular complexity index is 674. The van der Waals surface area contributed by atoms with Crippen LogP contribution in [0.25, 0.3) is 17.0 Å². The Labute approximate surface area is 85.8 Å². The van der Waals surface area contributed by atoms with Gasteiger partial charge in [-0.15, -0.1) is 0 Å². The number of pyridine rings is 1. The van der Waals surface area contributed by atoms with Gasteiger partial charge in [-0.25, -0.2) is 0 Å². The van der Waals surface area contributed by atoms with E-state index in [0.717, 1.165) is 21.5 Å². The highest BCUT2D eigenvalue weighted by Crippen LogP contribution is 2.03. The molecule has 2 heterocycles. The number of carbonyl (C=O) groups is 1. The van der Waals surface area contributed by atoms with Crippen molar-refractivity contribution in [2.24, 2.45) is 4.99 Å². The highest BCUT2D eigenvalue weighted by molar-refractivity contribution is 6.08. The van der Waals surface area contributed by atoms with Crippen LogP contribution >= 0.6 is 0 Å². The first-order valence-corrected chi connectivity index (χ1v) is 4.77. The molecule has 72 valence electrons. The van der Waals surface area contributed by atoms with Crippen LogP contribution in [0, 0.1) is 0 Å². The van der Waals surface area contributed by atoms with Crippen molar-refractivity contribution in [2.75, 3.05) is 6.54 Å². The van der Waals surface area contributed by atoms with E-state index in [9.17, 15) is 4.79 Å². The fourth-order valence-electron chi connectivity index (χ4n) is 1.80. The molecule has 3 rings (SSSR count). The highest BCUT2D eigenvalue weighted by Gasteiger charge is 2.05. The molecule has 3 heteroatoms. The Balaban J connectivity index is 2.56. The number of hydrogen-bond donors (Lipinski definition) is 0. The molecule has 1 aliphatic rings. The van der Waals surface area contributed by atoms with Crippen LogP contribution in [-0.2, 0) is 4.79 Å². The first-order valence-electron chi connectivity index (χ1n) is 4.77. The summed E-state index contributed by atoms with van der Waals surface area (Å²) in [6, 6.07) is 7.77. The Hall–Kier alpha value is -2.03. The summed E-state index contributed by atoms with van der Waals surface area (Å²) in [6.45, 7) is 0.239. The van der Waals surface area contributed by atoms with E-state index in [2.05, 4.69) is 9.98 Å². The normalized spacial score (nSPS) is 14.3. The molecule has 0 fully saturated rings. The van der Waals surface area contributed by atoms with Gasteiger partial charge in [-0.05, 0) is 12.1 Å². The zero-order chi connectivity index (χ0) is 10.3. The molecule has 1 aromatic heterocycles. The summed E-state index contributed by atoms with van der Waals surface area (Å²) in [4.78, 5) is 19.7. The SMILES string of the molecule is O=C1C=c2ccc3cccnc3c2=NC1. The van der Waals surface area contributed by atoms with Crippen molar-refractivity contribution in [3.05, 3.63) is 41.0 Å². The minimum Gasteiger partial charge on any atom is -0.293 e. The fraction of sp³-hybridized carbons (Fsp3) is 0.0833. The number of Topliss-reactive ketones (excluding diaryl/α,β-unsaturated/α-hetero) is 1. The van der Waals surface area contributed by atoms with Crippen LogP contribution in [0.15, 0.2) is 35.5 Å². The summed E-state index contributed by atoms with van der Waals surface area (Å²) >= 11 is 0. The topological polar surface area (TPSA) is 42.3 Å². The van der Waals surface area contributed by atoms with Crippen LogP contribution < -0.4 is 10.6 Å². The molecule has 0 unspecified atom stereocenters. The highest BCUT2D eigenvalue weighted by atomic mass is 16.1. The summed E-state index contributed by atoms with van der Waals surface area (Å²) in [5.41, 5.74) is 0.874. The van der Waals surface area contributed by atoms with Crippen LogP contribution in [0.2, 0.25) is 0 Å². The predicted octanol–water partition coefficient (Wildman–Crippen LogP) is 0.218. The van der Waals surface area contributed by atoms with Crippen molar-refractivity contribution in [1.29, 1.82) is 0 Å². The molecule has 0 atom stereocenters. The van der Waals surface area contributed by atoms with Gasteiger partial charge in [0.05, 0.1) is 10.9 Å². The van der Waals surface area contributed by atoms with E-state index in [-0.39, 0.29) is 12.3 Å². The van der Waals surface area contributed by atoms with E-state index < -0.39 is 0 Å². The van der Waals surface area contributed by atoms with Crippen LogP contribution in [0.5, 0.6) is 0 Å². The number of nitrogens with zero attached hydrogens (tertiary/aromatic N) is 2. The van der Waals surface area contributed by atoms with Gasteiger partial charge in [0.1, 0.15) is 6.54 Å². The van der Waals surface area contributed by atoms with E-state index in [1.165, 1.54) is 0 Å². The zero-order valence-electron chi connectivity index (χ0n) is 7.97. The first kappa shape index (κ1) is 8.29. The average Bonchev–Trinajstić information content (AvgIpc) is 2.28. The number of carbonyl (C=O) groups excluding carboxylic acids is 1. The minimum absolute atomic E-state index is 0.0535. The van der Waals surface area contributed by atoms with Gasteiger partial charge in [-0.3, -0.25) is 14.8 Å². The molecule has 0 aliphatic carbocycles. The standard InChI is InChI=1S/C12H8N2O/c15-10-6-9-4-3-8-2-1-5-13-11(8)12(9)14-7-10/h1-6H,7H2. The molecule has 3 nitrogen and oxygen atoms in total. The summed E-state index contributed by atoms with van der Waals surface area (Å²) in [5, 5.41) is 2.77. The number of hydrogen-bond acceptors (Lipinski definition) is 3. The summed E-state index contributed by atoms with van der Waals surface area (Å²) in [6.07, 6.45) is 3.38. The molecular formula is C12H8N2O. The van der Waals surface area contributed by atoms with Gasteiger partial charge < -0.3 is 0 Å². The van der Waals surface area contributed by atoms with Crippen LogP contribution in [0.3, 0.4) is 0 Å². The van der Waals surface area contributed by atoms with Crippen molar-refractivity contribution in [3.8, 4) is 0 Å². The van der Waals surface area contributed by atoms with Gasteiger partial charge in [-0.2, -0.15) is 0 Å². The number of aromatic nitrogens is 1. The predicted molar refractivity (Wildman–Crippen MR) is 56.9 cm³/mol. The number of ketones is 1. The van der Waals surface area contributed by atoms with Gasteiger partial charge in [0.2, 0.25) is 0 Å². The lowest BCUT2D eigenvalue weighted by Gasteiger charge is -2.01. The largest absolute Gasteiger partial charge is 0.293 e. The van der Waals surface area contributed by atoms with Crippen molar-refractivity contribution >= 4 is 22.8 Å². The second-order valence-corrected chi connectivity index (χ2v) is 3.51. The van der Waals surface area contributed by atoms with E-state index in [1.54, 1.807) is 12.3 Å². The number of benzene rings is 1. The molecule has 0 saturated carbocycles. The zero-order valence-corrected chi connectivity index (χ0v) is 7.97. The Morgan fingerprint density at radius 2 is 2.13 bits per heavy atom. The third kappa shape index (κ3) is 1.24. The lowest BCUT2D eigenvalue weighted by atomic mass is 10.1. The second kappa shape index (κ2) is 2.98. The Morgan fingerprint density at radius 3 is 3.07 bits per heavy atom. The lowest BCUT2D eigenvalue weighted by molar-refractivity contribution is -0.112. The van der Waals surface area contributed by atoms with Crippen molar-refractivity contribution in [3.63, 3.8) is 0 Å². The van der Waals surface area contributed by atoms with Crippen molar-refractivity contribution < 1.29 is 4.79 Å².